The zero-order chi connectivity index (χ0) is 24.0. The van der Waals surface area contributed by atoms with Gasteiger partial charge >= 0.3 is 0 Å². The maximum absolute atomic E-state index is 13.8. The van der Waals surface area contributed by atoms with Gasteiger partial charge in [-0.2, -0.15) is 0 Å². The summed E-state index contributed by atoms with van der Waals surface area (Å²) in [5.41, 5.74) is 2.22. The number of rotatable bonds is 6. The molecular weight excluding hydrogens is 441 g/mol. The van der Waals surface area contributed by atoms with Crippen molar-refractivity contribution in [3.05, 3.63) is 89.9 Å². The number of benzene rings is 2. The van der Waals surface area contributed by atoms with Gasteiger partial charge in [-0.05, 0) is 55.3 Å². The third-order valence-corrected chi connectivity index (χ3v) is 7.16. The summed E-state index contributed by atoms with van der Waals surface area (Å²) < 4.78 is 13.8. The van der Waals surface area contributed by atoms with Gasteiger partial charge in [0.15, 0.2) is 0 Å². The number of pyridine rings is 1. The predicted molar refractivity (Wildman–Crippen MR) is 137 cm³/mol. The Balaban J connectivity index is 1.08. The minimum Gasteiger partial charge on any atom is -0.371 e. The molecule has 1 N–H and O–H groups in total. The quantitative estimate of drug-likeness (QED) is 0.588. The Morgan fingerprint density at radius 3 is 2.26 bits per heavy atom. The minimum atomic E-state index is -0.304. The van der Waals surface area contributed by atoms with Gasteiger partial charge in [-0.25, -0.2) is 9.37 Å². The van der Waals surface area contributed by atoms with Crippen LogP contribution in [0.3, 0.4) is 0 Å². The Hall–Kier alpha value is -3.45. The van der Waals surface area contributed by atoms with Crippen LogP contribution in [0.4, 0.5) is 15.9 Å². The summed E-state index contributed by atoms with van der Waals surface area (Å²) in [6.07, 6.45) is 4.16. The lowest BCUT2D eigenvalue weighted by Crippen LogP contribution is -2.53. The molecule has 2 aliphatic rings. The highest BCUT2D eigenvalue weighted by Gasteiger charge is 2.28. The Morgan fingerprint density at radius 1 is 0.857 bits per heavy atom. The number of carbonyl (C=O) groups is 1. The summed E-state index contributed by atoms with van der Waals surface area (Å²) in [5, 5.41) is 2.81. The van der Waals surface area contributed by atoms with Gasteiger partial charge in [-0.3, -0.25) is 9.69 Å². The largest absolute Gasteiger partial charge is 0.371 e. The Morgan fingerprint density at radius 2 is 1.57 bits per heavy atom. The van der Waals surface area contributed by atoms with E-state index in [9.17, 15) is 9.18 Å². The summed E-state index contributed by atoms with van der Waals surface area (Å²) in [6.45, 7) is 6.43. The Bertz CT molecular complexity index is 1110. The highest BCUT2D eigenvalue weighted by molar-refractivity contribution is 5.94. The molecule has 0 spiro atoms. The second kappa shape index (κ2) is 10.9. The van der Waals surface area contributed by atoms with E-state index in [1.54, 1.807) is 18.2 Å². The van der Waals surface area contributed by atoms with E-state index in [2.05, 4.69) is 37.1 Å². The number of nitrogens with one attached hydrogen (secondary N) is 1. The van der Waals surface area contributed by atoms with Crippen LogP contribution in [0.5, 0.6) is 0 Å². The van der Waals surface area contributed by atoms with Crippen molar-refractivity contribution in [2.24, 2.45) is 0 Å². The maximum Gasteiger partial charge on any atom is 0.251 e. The molecule has 0 atom stereocenters. The molecule has 6 nitrogen and oxygen atoms in total. The van der Waals surface area contributed by atoms with Crippen LogP contribution < -0.4 is 15.1 Å². The number of piperidine rings is 1. The summed E-state index contributed by atoms with van der Waals surface area (Å²) in [6, 6.07) is 21.0. The number of hydrogen-bond acceptors (Lipinski definition) is 5. The molecule has 7 heteroatoms. The number of anilines is 2. The highest BCUT2D eigenvalue weighted by Crippen LogP contribution is 2.24. The van der Waals surface area contributed by atoms with Crippen molar-refractivity contribution in [3.63, 3.8) is 0 Å². The van der Waals surface area contributed by atoms with Crippen LogP contribution in [0, 0.1) is 5.82 Å². The second-order valence-electron chi connectivity index (χ2n) is 9.25. The minimum absolute atomic E-state index is 0.177. The van der Waals surface area contributed by atoms with Gasteiger partial charge in [0, 0.05) is 74.9 Å². The first-order chi connectivity index (χ1) is 17.2. The molecule has 2 fully saturated rings. The van der Waals surface area contributed by atoms with Crippen molar-refractivity contribution < 1.29 is 9.18 Å². The van der Waals surface area contributed by atoms with Crippen LogP contribution in [0.25, 0.3) is 0 Å². The number of piperazine rings is 1. The zero-order valence-corrected chi connectivity index (χ0v) is 19.9. The predicted octanol–water partition coefficient (Wildman–Crippen LogP) is 3.94. The van der Waals surface area contributed by atoms with E-state index in [4.69, 9.17) is 0 Å². The van der Waals surface area contributed by atoms with Gasteiger partial charge in [-0.1, -0.05) is 24.3 Å². The molecule has 35 heavy (non-hydrogen) atoms. The van der Waals surface area contributed by atoms with E-state index < -0.39 is 0 Å². The molecule has 0 radical (unpaired) electrons. The number of nitrogens with zero attached hydrogens (tertiary/aromatic N) is 4. The molecule has 0 saturated carbocycles. The van der Waals surface area contributed by atoms with E-state index >= 15 is 0 Å². The third-order valence-electron chi connectivity index (χ3n) is 7.16. The summed E-state index contributed by atoms with van der Waals surface area (Å²) in [5.74, 6) is 0.580. The van der Waals surface area contributed by atoms with Gasteiger partial charge in [0.1, 0.15) is 11.6 Å². The van der Waals surface area contributed by atoms with Crippen LogP contribution in [0.15, 0.2) is 72.9 Å². The summed E-state index contributed by atoms with van der Waals surface area (Å²) in [4.78, 5) is 24.4. The van der Waals surface area contributed by atoms with E-state index in [0.29, 0.717) is 17.2 Å². The smallest absolute Gasteiger partial charge is 0.251 e. The lowest BCUT2D eigenvalue weighted by atomic mass is 10.0. The Kier molecular flexibility index (Phi) is 7.23. The van der Waals surface area contributed by atoms with Crippen molar-refractivity contribution in [2.75, 3.05) is 49.1 Å². The SMILES string of the molecule is O=C(NCc1ccccc1F)c1ccc(N2CCC(N3CCN(c4ccccn4)CC3)CC2)cc1. The van der Waals surface area contributed by atoms with E-state index in [1.807, 2.05) is 36.5 Å². The van der Waals surface area contributed by atoms with Crippen molar-refractivity contribution in [1.82, 2.24) is 15.2 Å². The fourth-order valence-electron chi connectivity index (χ4n) is 5.09. The van der Waals surface area contributed by atoms with E-state index in [1.165, 1.54) is 6.07 Å². The molecule has 0 unspecified atom stereocenters. The molecule has 5 rings (SSSR count). The van der Waals surface area contributed by atoms with Crippen molar-refractivity contribution >= 4 is 17.4 Å². The fraction of sp³-hybridized carbons (Fsp3) is 0.357. The molecule has 2 aliphatic heterocycles. The van der Waals surface area contributed by atoms with Crippen molar-refractivity contribution in [3.8, 4) is 0 Å². The standard InChI is InChI=1S/C28H32FN5O/c29-26-6-2-1-5-23(26)21-31-28(35)22-8-10-24(11-9-22)32-15-12-25(13-16-32)33-17-19-34(20-18-33)27-7-3-4-14-30-27/h1-11,14,25H,12-13,15-21H2,(H,31,35). The van der Waals surface area contributed by atoms with E-state index in [0.717, 1.165) is 63.6 Å². The summed E-state index contributed by atoms with van der Waals surface area (Å²) >= 11 is 0. The number of aromatic nitrogens is 1. The molecule has 0 bridgehead atoms. The normalized spacial score (nSPS) is 17.4. The number of halogens is 1. The van der Waals surface area contributed by atoms with Crippen LogP contribution in [-0.2, 0) is 6.54 Å². The van der Waals surface area contributed by atoms with Crippen LogP contribution in [0.2, 0.25) is 0 Å². The highest BCUT2D eigenvalue weighted by atomic mass is 19.1. The lowest BCUT2D eigenvalue weighted by Gasteiger charge is -2.43. The van der Waals surface area contributed by atoms with Gasteiger partial charge in [-0.15, -0.1) is 0 Å². The first-order valence-corrected chi connectivity index (χ1v) is 12.4. The van der Waals surface area contributed by atoms with Crippen LogP contribution in [-0.4, -0.2) is 61.1 Å². The topological polar surface area (TPSA) is 51.7 Å². The monoisotopic (exact) mass is 473 g/mol. The zero-order valence-electron chi connectivity index (χ0n) is 19.9. The van der Waals surface area contributed by atoms with Gasteiger partial charge in [0.25, 0.3) is 5.91 Å². The Labute approximate surface area is 206 Å². The van der Waals surface area contributed by atoms with E-state index in [-0.39, 0.29) is 18.3 Å². The molecule has 0 aliphatic carbocycles. The van der Waals surface area contributed by atoms with Crippen LogP contribution in [0.1, 0.15) is 28.8 Å². The molecule has 1 amide bonds. The van der Waals surface area contributed by atoms with Gasteiger partial charge < -0.3 is 15.1 Å². The molecule has 2 aromatic carbocycles. The first kappa shape index (κ1) is 23.3. The molecule has 3 heterocycles. The lowest BCUT2D eigenvalue weighted by molar-refractivity contribution is 0.0950. The second-order valence-corrected chi connectivity index (χ2v) is 9.25. The maximum atomic E-state index is 13.8. The van der Waals surface area contributed by atoms with Crippen molar-refractivity contribution in [2.45, 2.75) is 25.4 Å². The molecule has 2 saturated heterocycles. The van der Waals surface area contributed by atoms with Crippen LogP contribution >= 0.6 is 0 Å². The average Bonchev–Trinajstić information content (AvgIpc) is 2.93. The van der Waals surface area contributed by atoms with Gasteiger partial charge in [0.05, 0.1) is 0 Å². The number of amides is 1. The molecule has 3 aromatic rings. The molecule has 182 valence electrons. The molecular formula is C28H32FN5O. The first-order valence-electron chi connectivity index (χ1n) is 12.4. The molecule has 1 aromatic heterocycles. The number of carbonyl (C=O) groups excluding carboxylic acids is 1. The average molecular weight is 474 g/mol. The van der Waals surface area contributed by atoms with Gasteiger partial charge in [0.2, 0.25) is 0 Å². The third kappa shape index (κ3) is 5.62. The fourth-order valence-corrected chi connectivity index (χ4v) is 5.09. The number of hydrogen-bond donors (Lipinski definition) is 1. The van der Waals surface area contributed by atoms with Crippen molar-refractivity contribution in [1.29, 1.82) is 0 Å². The summed E-state index contributed by atoms with van der Waals surface area (Å²) in [7, 11) is 0.